The highest BCUT2D eigenvalue weighted by Gasteiger charge is 2.41. The molecule has 0 amide bonds. The average Bonchev–Trinajstić information content (AvgIpc) is 2.38. The summed E-state index contributed by atoms with van der Waals surface area (Å²) < 4.78 is 66.0. The van der Waals surface area contributed by atoms with Crippen molar-refractivity contribution in [3.8, 4) is 0 Å². The van der Waals surface area contributed by atoms with Crippen LogP contribution in [0.4, 0.5) is 27.6 Å². The Balaban J connectivity index is 2.40. The number of halogens is 5. The van der Waals surface area contributed by atoms with Crippen molar-refractivity contribution in [1.82, 2.24) is 0 Å². The van der Waals surface area contributed by atoms with Crippen LogP contribution in [0, 0.1) is 11.6 Å². The highest BCUT2D eigenvalue weighted by Crippen LogP contribution is 2.36. The van der Waals surface area contributed by atoms with Crippen molar-refractivity contribution < 1.29 is 22.0 Å². The second kappa shape index (κ2) is 5.48. The fraction of sp³-hybridized carbons (Fsp3) is 0.143. The van der Waals surface area contributed by atoms with E-state index < -0.39 is 29.5 Å². The van der Waals surface area contributed by atoms with E-state index in [2.05, 4.69) is 0 Å². The fourth-order valence-corrected chi connectivity index (χ4v) is 1.78. The number of anilines is 1. The Morgan fingerprint density at radius 3 is 1.85 bits per heavy atom. The molecule has 0 aliphatic carbocycles. The van der Waals surface area contributed by atoms with Gasteiger partial charge in [0.2, 0.25) is 0 Å². The Morgan fingerprint density at radius 1 is 0.800 bits per heavy atom. The summed E-state index contributed by atoms with van der Waals surface area (Å²) in [7, 11) is 0. The van der Waals surface area contributed by atoms with Crippen molar-refractivity contribution >= 4 is 5.69 Å². The molecule has 1 atom stereocenters. The second-order valence-corrected chi connectivity index (χ2v) is 4.13. The zero-order valence-corrected chi connectivity index (χ0v) is 10.1. The van der Waals surface area contributed by atoms with E-state index in [1.54, 1.807) is 6.07 Å². The van der Waals surface area contributed by atoms with E-state index in [1.165, 1.54) is 24.3 Å². The lowest BCUT2D eigenvalue weighted by molar-refractivity contribution is -0.144. The highest BCUT2D eigenvalue weighted by molar-refractivity contribution is 5.48. The normalized spacial score (nSPS) is 13.1. The zero-order valence-electron chi connectivity index (χ0n) is 10.1. The summed E-state index contributed by atoms with van der Waals surface area (Å²) in [6.07, 6.45) is -4.68. The van der Waals surface area contributed by atoms with Crippen molar-refractivity contribution in [3.05, 3.63) is 65.7 Å². The molecule has 0 saturated heterocycles. The first kappa shape index (κ1) is 14.3. The summed E-state index contributed by atoms with van der Waals surface area (Å²) >= 11 is 0. The molecule has 0 bridgehead atoms. The largest absolute Gasteiger partial charge is 0.412 e. The van der Waals surface area contributed by atoms with E-state index in [-0.39, 0.29) is 5.56 Å². The smallest absolute Gasteiger partial charge is 0.366 e. The van der Waals surface area contributed by atoms with Gasteiger partial charge in [-0.25, -0.2) is 8.78 Å². The van der Waals surface area contributed by atoms with Gasteiger partial charge in [0.05, 0.1) is 0 Å². The third-order valence-corrected chi connectivity index (χ3v) is 2.71. The summed E-state index contributed by atoms with van der Waals surface area (Å²) in [6, 6.07) is 7.57. The number of hydrogen-bond donors (Lipinski definition) is 1. The molecule has 0 radical (unpaired) electrons. The molecule has 0 aliphatic heterocycles. The average molecular weight is 287 g/mol. The van der Waals surface area contributed by atoms with Gasteiger partial charge in [0.15, 0.2) is 0 Å². The molecule has 2 aromatic carbocycles. The molecule has 0 aromatic heterocycles. The first-order chi connectivity index (χ1) is 9.39. The molecular weight excluding hydrogens is 277 g/mol. The van der Waals surface area contributed by atoms with E-state index in [1.807, 2.05) is 5.32 Å². The minimum absolute atomic E-state index is 0.123. The zero-order chi connectivity index (χ0) is 14.8. The number of alkyl halides is 3. The molecule has 0 aliphatic rings. The van der Waals surface area contributed by atoms with Gasteiger partial charge >= 0.3 is 6.18 Å². The van der Waals surface area contributed by atoms with Crippen LogP contribution in [-0.4, -0.2) is 6.18 Å². The van der Waals surface area contributed by atoms with Crippen molar-refractivity contribution in [1.29, 1.82) is 0 Å². The van der Waals surface area contributed by atoms with Crippen LogP contribution in [0.25, 0.3) is 0 Å². The van der Waals surface area contributed by atoms with Gasteiger partial charge in [-0.1, -0.05) is 36.4 Å². The summed E-state index contributed by atoms with van der Waals surface area (Å²) in [4.78, 5) is 0. The van der Waals surface area contributed by atoms with Crippen LogP contribution in [0.2, 0.25) is 0 Å². The second-order valence-electron chi connectivity index (χ2n) is 4.13. The van der Waals surface area contributed by atoms with E-state index >= 15 is 0 Å². The molecule has 20 heavy (non-hydrogen) atoms. The van der Waals surface area contributed by atoms with Crippen LogP contribution < -0.4 is 5.32 Å². The van der Waals surface area contributed by atoms with Gasteiger partial charge in [0.25, 0.3) is 0 Å². The summed E-state index contributed by atoms with van der Waals surface area (Å²) in [6.45, 7) is 0. The van der Waals surface area contributed by atoms with Gasteiger partial charge in [-0.15, -0.1) is 0 Å². The Hall–Kier alpha value is -2.11. The molecule has 2 rings (SSSR count). The van der Waals surface area contributed by atoms with Gasteiger partial charge in [-0.2, -0.15) is 13.2 Å². The Labute approximate surface area is 112 Å². The third-order valence-electron chi connectivity index (χ3n) is 2.71. The van der Waals surface area contributed by atoms with E-state index in [4.69, 9.17) is 0 Å². The standard InChI is InChI=1S/C14H10F5N/c15-10-7-4-8-11(16)12(10)20-13(14(17,18)19)9-5-2-1-3-6-9/h1-8,13,20H. The van der Waals surface area contributed by atoms with Crippen LogP contribution in [-0.2, 0) is 0 Å². The number of hydrogen-bond acceptors (Lipinski definition) is 1. The number of nitrogens with one attached hydrogen (secondary N) is 1. The van der Waals surface area contributed by atoms with Gasteiger partial charge in [-0.3, -0.25) is 0 Å². The SMILES string of the molecule is Fc1cccc(F)c1NC(c1ccccc1)C(F)(F)F. The minimum Gasteiger partial charge on any atom is -0.366 e. The van der Waals surface area contributed by atoms with Crippen LogP contribution in [0.15, 0.2) is 48.5 Å². The topological polar surface area (TPSA) is 12.0 Å². The maximum atomic E-state index is 13.4. The molecule has 106 valence electrons. The summed E-state index contributed by atoms with van der Waals surface area (Å²) in [5.41, 5.74) is -0.915. The third kappa shape index (κ3) is 3.07. The maximum absolute atomic E-state index is 13.4. The van der Waals surface area contributed by atoms with Crippen molar-refractivity contribution in [2.75, 3.05) is 5.32 Å². The molecule has 2 aromatic rings. The van der Waals surface area contributed by atoms with Crippen molar-refractivity contribution in [2.45, 2.75) is 12.2 Å². The lowest BCUT2D eigenvalue weighted by Crippen LogP contribution is -2.28. The van der Waals surface area contributed by atoms with Crippen LogP contribution >= 0.6 is 0 Å². The molecule has 1 N–H and O–H groups in total. The molecule has 6 heteroatoms. The Bertz CT molecular complexity index is 560. The molecule has 0 fully saturated rings. The monoisotopic (exact) mass is 287 g/mol. The van der Waals surface area contributed by atoms with Crippen LogP contribution in [0.1, 0.15) is 11.6 Å². The minimum atomic E-state index is -4.68. The van der Waals surface area contributed by atoms with Gasteiger partial charge in [0.1, 0.15) is 23.4 Å². The van der Waals surface area contributed by atoms with Crippen LogP contribution in [0.5, 0.6) is 0 Å². The molecule has 0 spiro atoms. The first-order valence-electron chi connectivity index (χ1n) is 5.72. The molecule has 1 nitrogen and oxygen atoms in total. The molecule has 0 saturated carbocycles. The maximum Gasteiger partial charge on any atom is 0.412 e. The van der Waals surface area contributed by atoms with Crippen LogP contribution in [0.3, 0.4) is 0 Å². The predicted molar refractivity (Wildman–Crippen MR) is 65.2 cm³/mol. The Kier molecular flexibility index (Phi) is 3.92. The van der Waals surface area contributed by atoms with E-state index in [0.29, 0.717) is 0 Å². The molecule has 0 heterocycles. The number of benzene rings is 2. The number of para-hydroxylation sites is 1. The van der Waals surface area contributed by atoms with Gasteiger partial charge in [-0.05, 0) is 17.7 Å². The first-order valence-corrected chi connectivity index (χ1v) is 5.72. The molecular formula is C14H10F5N. The molecule has 1 unspecified atom stereocenters. The summed E-state index contributed by atoms with van der Waals surface area (Å²) in [5.74, 6) is -2.15. The lowest BCUT2D eigenvalue weighted by atomic mass is 10.1. The van der Waals surface area contributed by atoms with Crippen molar-refractivity contribution in [2.24, 2.45) is 0 Å². The Morgan fingerprint density at radius 2 is 1.35 bits per heavy atom. The predicted octanol–water partition coefficient (Wildman–Crippen LogP) is 4.68. The fourth-order valence-electron chi connectivity index (χ4n) is 1.78. The van der Waals surface area contributed by atoms with Gasteiger partial charge in [0, 0.05) is 0 Å². The van der Waals surface area contributed by atoms with Crippen molar-refractivity contribution in [3.63, 3.8) is 0 Å². The highest BCUT2D eigenvalue weighted by atomic mass is 19.4. The lowest BCUT2D eigenvalue weighted by Gasteiger charge is -2.23. The number of rotatable bonds is 3. The quantitative estimate of drug-likeness (QED) is 0.808. The van der Waals surface area contributed by atoms with Gasteiger partial charge < -0.3 is 5.32 Å². The summed E-state index contributed by atoms with van der Waals surface area (Å²) in [5, 5.41) is 1.90. The van der Waals surface area contributed by atoms with E-state index in [9.17, 15) is 22.0 Å². The van der Waals surface area contributed by atoms with E-state index in [0.717, 1.165) is 18.2 Å².